The lowest BCUT2D eigenvalue weighted by Crippen LogP contribution is -2.40. The van der Waals surface area contributed by atoms with Crippen molar-refractivity contribution >= 4 is 34.1 Å². The number of carbonyl (C=O) groups is 1. The first-order valence-electron chi connectivity index (χ1n) is 10.6. The second-order valence-electron chi connectivity index (χ2n) is 7.46. The predicted molar refractivity (Wildman–Crippen MR) is 123 cm³/mol. The van der Waals surface area contributed by atoms with Gasteiger partial charge in [-0.25, -0.2) is 4.98 Å². The summed E-state index contributed by atoms with van der Waals surface area (Å²) in [6, 6.07) is 9.40. The van der Waals surface area contributed by atoms with Gasteiger partial charge in [-0.3, -0.25) is 4.79 Å². The molecule has 0 radical (unpaired) electrons. The second kappa shape index (κ2) is 9.58. The molecule has 4 rings (SSSR count). The number of fused-ring (bicyclic) bond motifs is 1. The Hall–Kier alpha value is -3.77. The van der Waals surface area contributed by atoms with Gasteiger partial charge in [-0.15, -0.1) is 0 Å². The van der Waals surface area contributed by atoms with Crippen LogP contribution in [-0.4, -0.2) is 60.7 Å². The Morgan fingerprint density at radius 1 is 1.31 bits per heavy atom. The largest absolute Gasteiger partial charge is 0.495 e. The van der Waals surface area contributed by atoms with E-state index in [9.17, 15) is 10.1 Å². The molecule has 0 unspecified atom stereocenters. The molecular weight excluding hydrogens is 408 g/mol. The molecule has 0 atom stereocenters. The van der Waals surface area contributed by atoms with Crippen molar-refractivity contribution in [2.45, 2.75) is 13.3 Å². The summed E-state index contributed by atoms with van der Waals surface area (Å²) in [4.78, 5) is 22.3. The number of H-pyrrole nitrogens is 1. The number of morpholine rings is 1. The molecule has 0 bridgehead atoms. The van der Waals surface area contributed by atoms with Gasteiger partial charge in [-0.05, 0) is 24.6 Å². The first-order valence-corrected chi connectivity index (χ1v) is 10.6. The third-order valence-corrected chi connectivity index (χ3v) is 5.34. The van der Waals surface area contributed by atoms with Crippen LogP contribution in [0.2, 0.25) is 0 Å². The van der Waals surface area contributed by atoms with Crippen LogP contribution in [0.15, 0.2) is 30.5 Å². The number of nitriles is 1. The van der Waals surface area contributed by atoms with Gasteiger partial charge in [-0.2, -0.15) is 5.26 Å². The van der Waals surface area contributed by atoms with Crippen molar-refractivity contribution in [3.63, 3.8) is 0 Å². The van der Waals surface area contributed by atoms with E-state index < -0.39 is 0 Å². The first kappa shape index (κ1) is 21.5. The molecular formula is C23H26N6O3. The topological polar surface area (TPSA) is 115 Å². The van der Waals surface area contributed by atoms with Crippen molar-refractivity contribution in [3.8, 4) is 11.8 Å². The number of aromatic amines is 1. The van der Waals surface area contributed by atoms with Crippen molar-refractivity contribution in [3.05, 3.63) is 41.6 Å². The minimum Gasteiger partial charge on any atom is -0.495 e. The number of rotatable bonds is 7. The first-order chi connectivity index (χ1) is 15.6. The minimum absolute atomic E-state index is 0.0424. The van der Waals surface area contributed by atoms with Crippen molar-refractivity contribution in [1.82, 2.24) is 14.9 Å². The van der Waals surface area contributed by atoms with E-state index in [1.165, 1.54) is 0 Å². The fourth-order valence-electron chi connectivity index (χ4n) is 3.70. The molecule has 9 heteroatoms. The number of ether oxygens (including phenoxy) is 2. The molecule has 3 N–H and O–H groups in total. The maximum atomic E-state index is 12.8. The van der Waals surface area contributed by atoms with Gasteiger partial charge in [-0.1, -0.05) is 6.92 Å². The summed E-state index contributed by atoms with van der Waals surface area (Å²) < 4.78 is 10.9. The monoisotopic (exact) mass is 434 g/mol. The number of hydrogen-bond acceptors (Lipinski definition) is 7. The Morgan fingerprint density at radius 2 is 2.12 bits per heavy atom. The zero-order valence-electron chi connectivity index (χ0n) is 18.2. The standard InChI is InChI=1S/C23H26N6O3/c1-3-6-25-18-12-20(28-22-21(18)16(13-24)14-26-22)27-17-5-4-15(11-19(17)31-2)23(30)29-7-9-32-10-8-29/h4-5,11-12,14H,3,6-10H2,1-2H3,(H3,25,26,27,28). The van der Waals surface area contributed by atoms with Crippen LogP contribution < -0.4 is 15.4 Å². The highest BCUT2D eigenvalue weighted by Gasteiger charge is 2.20. The number of anilines is 3. The van der Waals surface area contributed by atoms with Gasteiger partial charge in [0.15, 0.2) is 0 Å². The van der Waals surface area contributed by atoms with Crippen molar-refractivity contribution in [2.24, 2.45) is 0 Å². The van der Waals surface area contributed by atoms with Gasteiger partial charge >= 0.3 is 0 Å². The quantitative estimate of drug-likeness (QED) is 0.521. The number of methoxy groups -OCH3 is 1. The normalized spacial score (nSPS) is 13.6. The summed E-state index contributed by atoms with van der Waals surface area (Å²) in [5.41, 5.74) is 3.23. The highest BCUT2D eigenvalue weighted by molar-refractivity contribution is 5.97. The molecule has 1 aromatic carbocycles. The lowest BCUT2D eigenvalue weighted by atomic mass is 10.1. The molecule has 1 aliphatic heterocycles. The van der Waals surface area contributed by atoms with Crippen LogP contribution in [0.25, 0.3) is 11.0 Å². The Balaban J connectivity index is 1.63. The number of aromatic nitrogens is 2. The Morgan fingerprint density at radius 3 is 2.84 bits per heavy atom. The SMILES string of the molecule is CCCNc1cc(Nc2ccc(C(=O)N3CCOCC3)cc2OC)nc2[nH]cc(C#N)c12. The van der Waals surface area contributed by atoms with Gasteiger partial charge in [0.1, 0.15) is 23.3 Å². The van der Waals surface area contributed by atoms with Gasteiger partial charge in [0.25, 0.3) is 5.91 Å². The molecule has 9 nitrogen and oxygen atoms in total. The zero-order valence-corrected chi connectivity index (χ0v) is 18.2. The van der Waals surface area contributed by atoms with E-state index in [-0.39, 0.29) is 5.91 Å². The number of nitrogens with one attached hydrogen (secondary N) is 3. The van der Waals surface area contributed by atoms with E-state index in [4.69, 9.17) is 9.47 Å². The van der Waals surface area contributed by atoms with Gasteiger partial charge < -0.3 is 30.0 Å². The van der Waals surface area contributed by atoms with Gasteiger partial charge in [0.05, 0.1) is 42.6 Å². The lowest BCUT2D eigenvalue weighted by Gasteiger charge is -2.27. The number of pyridine rings is 1. The van der Waals surface area contributed by atoms with Crippen molar-refractivity contribution < 1.29 is 14.3 Å². The molecule has 0 aliphatic carbocycles. The Labute approximate surface area is 186 Å². The van der Waals surface area contributed by atoms with Gasteiger partial charge in [0.2, 0.25) is 0 Å². The number of benzene rings is 1. The van der Waals surface area contributed by atoms with Crippen LogP contribution >= 0.6 is 0 Å². The summed E-state index contributed by atoms with van der Waals surface area (Å²) in [7, 11) is 1.57. The van der Waals surface area contributed by atoms with E-state index in [1.807, 2.05) is 12.1 Å². The van der Waals surface area contributed by atoms with E-state index in [2.05, 4.69) is 33.6 Å². The van der Waals surface area contributed by atoms with Crippen molar-refractivity contribution in [2.75, 3.05) is 50.6 Å². The number of nitrogens with zero attached hydrogens (tertiary/aromatic N) is 3. The van der Waals surface area contributed by atoms with E-state index in [0.29, 0.717) is 60.3 Å². The summed E-state index contributed by atoms with van der Waals surface area (Å²) in [6.07, 6.45) is 2.61. The summed E-state index contributed by atoms with van der Waals surface area (Å²) >= 11 is 0. The fraction of sp³-hybridized carbons (Fsp3) is 0.348. The summed E-state index contributed by atoms with van der Waals surface area (Å²) in [6.45, 7) is 5.13. The van der Waals surface area contributed by atoms with Gasteiger partial charge in [0, 0.05) is 37.5 Å². The Bertz CT molecular complexity index is 1160. The smallest absolute Gasteiger partial charge is 0.254 e. The molecule has 1 aliphatic rings. The average molecular weight is 435 g/mol. The van der Waals surface area contributed by atoms with Crippen LogP contribution in [0.3, 0.4) is 0 Å². The molecule has 2 aromatic heterocycles. The van der Waals surface area contributed by atoms with Crippen molar-refractivity contribution in [1.29, 1.82) is 5.26 Å². The Kier molecular flexibility index (Phi) is 6.42. The maximum Gasteiger partial charge on any atom is 0.254 e. The van der Waals surface area contributed by atoms with Crippen LogP contribution in [0, 0.1) is 11.3 Å². The van der Waals surface area contributed by atoms with Crippen LogP contribution in [0.4, 0.5) is 17.2 Å². The number of amides is 1. The molecule has 3 aromatic rings. The van der Waals surface area contributed by atoms with E-state index in [1.54, 1.807) is 30.3 Å². The summed E-state index contributed by atoms with van der Waals surface area (Å²) in [5.74, 6) is 1.09. The molecule has 0 spiro atoms. The molecule has 3 heterocycles. The molecule has 166 valence electrons. The zero-order chi connectivity index (χ0) is 22.5. The molecule has 1 saturated heterocycles. The van der Waals surface area contributed by atoms with Crippen LogP contribution in [0.1, 0.15) is 29.3 Å². The second-order valence-corrected chi connectivity index (χ2v) is 7.46. The number of carbonyl (C=O) groups excluding carboxylic acids is 1. The minimum atomic E-state index is -0.0424. The lowest BCUT2D eigenvalue weighted by molar-refractivity contribution is 0.0302. The number of hydrogen-bond donors (Lipinski definition) is 3. The van der Waals surface area contributed by atoms with Crippen LogP contribution in [-0.2, 0) is 4.74 Å². The van der Waals surface area contributed by atoms with E-state index >= 15 is 0 Å². The molecule has 1 amide bonds. The molecule has 32 heavy (non-hydrogen) atoms. The van der Waals surface area contributed by atoms with E-state index in [0.717, 1.165) is 24.0 Å². The highest BCUT2D eigenvalue weighted by Crippen LogP contribution is 2.33. The summed E-state index contributed by atoms with van der Waals surface area (Å²) in [5, 5.41) is 16.8. The molecule has 0 saturated carbocycles. The van der Waals surface area contributed by atoms with Crippen LogP contribution in [0.5, 0.6) is 5.75 Å². The predicted octanol–water partition coefficient (Wildman–Crippen LogP) is 3.48. The third-order valence-electron chi connectivity index (χ3n) is 5.34. The highest BCUT2D eigenvalue weighted by atomic mass is 16.5. The fourth-order valence-corrected chi connectivity index (χ4v) is 3.70. The maximum absolute atomic E-state index is 12.8. The third kappa shape index (κ3) is 4.31. The molecule has 1 fully saturated rings. The average Bonchev–Trinajstić information content (AvgIpc) is 3.26.